The second-order valence-corrected chi connectivity index (χ2v) is 2.65. The number of fused-ring (bicyclic) bond motifs is 1. The lowest BCUT2D eigenvalue weighted by Crippen LogP contribution is -1.78. The molecule has 0 fully saturated rings. The van der Waals surface area contributed by atoms with Gasteiger partial charge < -0.3 is 0 Å². The van der Waals surface area contributed by atoms with Gasteiger partial charge in [0.25, 0.3) is 0 Å². The third kappa shape index (κ3) is 0.747. The van der Waals surface area contributed by atoms with Crippen LogP contribution >= 0.6 is 0 Å². The Balaban J connectivity index is 2.60. The van der Waals surface area contributed by atoms with Gasteiger partial charge in [-0.1, -0.05) is 12.1 Å². The molecular weight excluding hydrogens is 122 g/mol. The van der Waals surface area contributed by atoms with Gasteiger partial charge in [0.1, 0.15) is 0 Å². The summed E-state index contributed by atoms with van der Waals surface area (Å²) in [6, 6.07) is 6.41. The number of benzene rings is 1. The number of rotatable bonds is 0. The minimum absolute atomic E-state index is 1.01. The summed E-state index contributed by atoms with van der Waals surface area (Å²) in [5.74, 6) is 0. The molecule has 0 saturated heterocycles. The Morgan fingerprint density at radius 2 is 2.30 bits per heavy atom. The monoisotopic (exact) mass is 131 g/mol. The van der Waals surface area contributed by atoms with E-state index in [0.29, 0.717) is 0 Å². The van der Waals surface area contributed by atoms with Crippen LogP contribution in [-0.4, -0.2) is 6.21 Å². The molecule has 10 heavy (non-hydrogen) atoms. The SMILES string of the molecule is Cc1ccc2c(c1)N=CC2. The molecule has 0 radical (unpaired) electrons. The lowest BCUT2D eigenvalue weighted by atomic mass is 10.1. The van der Waals surface area contributed by atoms with Crippen molar-refractivity contribution in [3.05, 3.63) is 29.3 Å². The normalized spacial score (nSPS) is 13.7. The first-order valence-electron chi connectivity index (χ1n) is 3.48. The van der Waals surface area contributed by atoms with Crippen LogP contribution in [0.5, 0.6) is 0 Å². The van der Waals surface area contributed by atoms with E-state index >= 15 is 0 Å². The van der Waals surface area contributed by atoms with Crippen molar-refractivity contribution in [3.63, 3.8) is 0 Å². The van der Waals surface area contributed by atoms with Crippen LogP contribution < -0.4 is 0 Å². The molecule has 1 aliphatic rings. The molecule has 0 saturated carbocycles. The Morgan fingerprint density at radius 1 is 1.40 bits per heavy atom. The van der Waals surface area contributed by atoms with E-state index in [1.165, 1.54) is 11.1 Å². The van der Waals surface area contributed by atoms with Gasteiger partial charge in [-0.2, -0.15) is 0 Å². The Kier molecular flexibility index (Phi) is 1.10. The van der Waals surface area contributed by atoms with Crippen LogP contribution in [0.3, 0.4) is 0 Å². The van der Waals surface area contributed by atoms with Crippen LogP contribution in [0.15, 0.2) is 23.2 Å². The van der Waals surface area contributed by atoms with Crippen molar-refractivity contribution in [2.75, 3.05) is 0 Å². The maximum Gasteiger partial charge on any atom is 0.0664 e. The van der Waals surface area contributed by atoms with Gasteiger partial charge in [0.15, 0.2) is 0 Å². The summed E-state index contributed by atoms with van der Waals surface area (Å²) < 4.78 is 0. The molecule has 0 spiro atoms. The summed E-state index contributed by atoms with van der Waals surface area (Å²) in [7, 11) is 0. The molecule has 1 aromatic carbocycles. The quantitative estimate of drug-likeness (QED) is 0.512. The van der Waals surface area contributed by atoms with Crippen molar-refractivity contribution >= 4 is 11.9 Å². The number of aliphatic imine (C=N–C) groups is 1. The molecule has 0 amide bonds. The fourth-order valence-electron chi connectivity index (χ4n) is 1.21. The van der Waals surface area contributed by atoms with Gasteiger partial charge in [-0.25, -0.2) is 0 Å². The Hall–Kier alpha value is -1.11. The Bertz CT molecular complexity index is 287. The first-order valence-corrected chi connectivity index (χ1v) is 3.48. The van der Waals surface area contributed by atoms with Gasteiger partial charge in [-0.15, -0.1) is 0 Å². The molecule has 0 unspecified atom stereocenters. The van der Waals surface area contributed by atoms with Crippen molar-refractivity contribution in [1.29, 1.82) is 0 Å². The molecule has 0 bridgehead atoms. The van der Waals surface area contributed by atoms with Gasteiger partial charge in [-0.3, -0.25) is 4.99 Å². The molecule has 1 aromatic rings. The van der Waals surface area contributed by atoms with E-state index in [1.54, 1.807) is 0 Å². The molecule has 0 atom stereocenters. The van der Waals surface area contributed by atoms with Crippen LogP contribution in [0.2, 0.25) is 0 Å². The molecule has 1 heterocycles. The van der Waals surface area contributed by atoms with Crippen molar-refractivity contribution < 1.29 is 0 Å². The van der Waals surface area contributed by atoms with E-state index in [9.17, 15) is 0 Å². The molecule has 0 aliphatic carbocycles. The smallest absolute Gasteiger partial charge is 0.0664 e. The maximum atomic E-state index is 4.24. The Morgan fingerprint density at radius 3 is 3.20 bits per heavy atom. The molecule has 1 aliphatic heterocycles. The summed E-state index contributed by atoms with van der Waals surface area (Å²) in [6.07, 6.45) is 2.97. The largest absolute Gasteiger partial charge is 0.261 e. The van der Waals surface area contributed by atoms with Gasteiger partial charge in [0.2, 0.25) is 0 Å². The minimum Gasteiger partial charge on any atom is -0.261 e. The van der Waals surface area contributed by atoms with E-state index in [-0.39, 0.29) is 0 Å². The zero-order valence-corrected chi connectivity index (χ0v) is 5.96. The fourth-order valence-corrected chi connectivity index (χ4v) is 1.21. The van der Waals surface area contributed by atoms with Gasteiger partial charge in [0.05, 0.1) is 5.69 Å². The highest BCUT2D eigenvalue weighted by Gasteiger charge is 2.03. The molecule has 0 aromatic heterocycles. The van der Waals surface area contributed by atoms with E-state index in [4.69, 9.17) is 0 Å². The lowest BCUT2D eigenvalue weighted by molar-refractivity contribution is 1.37. The van der Waals surface area contributed by atoms with E-state index in [0.717, 1.165) is 12.1 Å². The standard InChI is InChI=1S/C9H9N/c1-7-2-3-8-4-5-10-9(8)6-7/h2-3,5-6H,4H2,1H3. The average molecular weight is 131 g/mol. The van der Waals surface area contributed by atoms with Crippen LogP contribution in [0.25, 0.3) is 0 Å². The minimum atomic E-state index is 1.01. The zero-order valence-electron chi connectivity index (χ0n) is 5.96. The summed E-state index contributed by atoms with van der Waals surface area (Å²) in [6.45, 7) is 2.09. The molecule has 1 nitrogen and oxygen atoms in total. The second-order valence-electron chi connectivity index (χ2n) is 2.65. The summed E-state index contributed by atoms with van der Waals surface area (Å²) >= 11 is 0. The molecule has 0 N–H and O–H groups in total. The third-order valence-electron chi connectivity index (χ3n) is 1.78. The van der Waals surface area contributed by atoms with Crippen LogP contribution in [0.4, 0.5) is 5.69 Å². The van der Waals surface area contributed by atoms with Gasteiger partial charge in [-0.05, 0) is 24.1 Å². The van der Waals surface area contributed by atoms with Gasteiger partial charge >= 0.3 is 0 Å². The van der Waals surface area contributed by atoms with Crippen LogP contribution in [0.1, 0.15) is 11.1 Å². The highest BCUT2D eigenvalue weighted by Crippen LogP contribution is 2.24. The average Bonchev–Trinajstić information content (AvgIpc) is 2.33. The molecule has 1 heteroatoms. The number of hydrogen-bond donors (Lipinski definition) is 0. The van der Waals surface area contributed by atoms with E-state index in [1.807, 2.05) is 6.21 Å². The van der Waals surface area contributed by atoms with Crippen LogP contribution in [-0.2, 0) is 6.42 Å². The number of hydrogen-bond acceptors (Lipinski definition) is 1. The van der Waals surface area contributed by atoms with Crippen molar-refractivity contribution in [1.82, 2.24) is 0 Å². The highest BCUT2D eigenvalue weighted by molar-refractivity contribution is 5.75. The first-order chi connectivity index (χ1) is 4.86. The van der Waals surface area contributed by atoms with Crippen molar-refractivity contribution in [2.24, 2.45) is 4.99 Å². The number of nitrogens with zero attached hydrogens (tertiary/aromatic N) is 1. The van der Waals surface area contributed by atoms with Gasteiger partial charge in [0, 0.05) is 12.6 Å². The summed E-state index contributed by atoms with van der Waals surface area (Å²) in [4.78, 5) is 4.24. The van der Waals surface area contributed by atoms with Crippen molar-refractivity contribution in [2.45, 2.75) is 13.3 Å². The first kappa shape index (κ1) is 5.66. The highest BCUT2D eigenvalue weighted by atomic mass is 14.7. The van der Waals surface area contributed by atoms with E-state index < -0.39 is 0 Å². The maximum absolute atomic E-state index is 4.24. The zero-order chi connectivity index (χ0) is 6.97. The predicted molar refractivity (Wildman–Crippen MR) is 43.0 cm³/mol. The van der Waals surface area contributed by atoms with Crippen LogP contribution in [0, 0.1) is 6.92 Å². The summed E-state index contributed by atoms with van der Waals surface area (Å²) in [5.41, 5.74) is 3.79. The fraction of sp³-hybridized carbons (Fsp3) is 0.222. The van der Waals surface area contributed by atoms with E-state index in [2.05, 4.69) is 30.1 Å². The molecule has 50 valence electrons. The topological polar surface area (TPSA) is 12.4 Å². The molecule has 2 rings (SSSR count). The number of aryl methyl sites for hydroxylation is 1. The Labute approximate surface area is 60.4 Å². The van der Waals surface area contributed by atoms with Crippen molar-refractivity contribution in [3.8, 4) is 0 Å². The molecular formula is C9H9N. The summed E-state index contributed by atoms with van der Waals surface area (Å²) in [5, 5.41) is 0. The third-order valence-corrected chi connectivity index (χ3v) is 1.78. The second kappa shape index (κ2) is 1.94. The predicted octanol–water partition coefficient (Wildman–Crippen LogP) is 2.25. The lowest BCUT2D eigenvalue weighted by Gasteiger charge is -1.96.